The molecule has 0 aromatic heterocycles. The van der Waals surface area contributed by atoms with E-state index in [0.29, 0.717) is 0 Å². The zero-order chi connectivity index (χ0) is 12.2. The highest BCUT2D eigenvalue weighted by Crippen LogP contribution is 2.19. The Morgan fingerprint density at radius 1 is 1.12 bits per heavy atom. The maximum Gasteiger partial charge on any atom is 0.317 e. The van der Waals surface area contributed by atoms with E-state index in [1.807, 2.05) is 4.90 Å². The standard InChI is InChI=1S/C13H26N2O/c1-11(13(2,3)4)14-12(16)15-9-7-5-6-8-10-15/h11H,5-10H2,1-4H3,(H,14,16). The molecule has 0 saturated carbocycles. The number of likely N-dealkylation sites (tertiary alicyclic amines) is 1. The summed E-state index contributed by atoms with van der Waals surface area (Å²) in [6.45, 7) is 10.4. The summed E-state index contributed by atoms with van der Waals surface area (Å²) >= 11 is 0. The highest BCUT2D eigenvalue weighted by atomic mass is 16.2. The van der Waals surface area contributed by atoms with E-state index in [9.17, 15) is 4.79 Å². The number of amides is 2. The van der Waals surface area contributed by atoms with Crippen molar-refractivity contribution in [2.75, 3.05) is 13.1 Å². The zero-order valence-electron chi connectivity index (χ0n) is 11.2. The third-order valence-corrected chi connectivity index (χ3v) is 3.53. The molecule has 0 bridgehead atoms. The Bertz CT molecular complexity index is 225. The van der Waals surface area contributed by atoms with Crippen LogP contribution in [0.5, 0.6) is 0 Å². The van der Waals surface area contributed by atoms with Crippen molar-refractivity contribution in [3.05, 3.63) is 0 Å². The van der Waals surface area contributed by atoms with Gasteiger partial charge in [-0.2, -0.15) is 0 Å². The summed E-state index contributed by atoms with van der Waals surface area (Å²) in [7, 11) is 0. The van der Waals surface area contributed by atoms with Crippen LogP contribution < -0.4 is 5.32 Å². The molecule has 0 aromatic rings. The van der Waals surface area contributed by atoms with E-state index in [4.69, 9.17) is 0 Å². The molecule has 3 heteroatoms. The van der Waals surface area contributed by atoms with Gasteiger partial charge in [-0.05, 0) is 25.2 Å². The average molecular weight is 226 g/mol. The van der Waals surface area contributed by atoms with Crippen molar-refractivity contribution in [3.8, 4) is 0 Å². The van der Waals surface area contributed by atoms with Crippen molar-refractivity contribution in [2.45, 2.75) is 59.4 Å². The van der Waals surface area contributed by atoms with E-state index < -0.39 is 0 Å². The number of hydrogen-bond acceptors (Lipinski definition) is 1. The first-order chi connectivity index (χ1) is 7.41. The fraction of sp³-hybridized carbons (Fsp3) is 0.923. The van der Waals surface area contributed by atoms with E-state index >= 15 is 0 Å². The number of urea groups is 1. The highest BCUT2D eigenvalue weighted by Gasteiger charge is 2.24. The number of rotatable bonds is 1. The minimum Gasteiger partial charge on any atom is -0.335 e. The van der Waals surface area contributed by atoms with Crippen LogP contribution in [0.4, 0.5) is 4.79 Å². The van der Waals surface area contributed by atoms with Gasteiger partial charge in [0.1, 0.15) is 0 Å². The lowest BCUT2D eigenvalue weighted by Gasteiger charge is -2.31. The molecule has 1 aliphatic rings. The van der Waals surface area contributed by atoms with Gasteiger partial charge in [0.15, 0.2) is 0 Å². The molecule has 2 amide bonds. The summed E-state index contributed by atoms with van der Waals surface area (Å²) in [5.74, 6) is 0. The third kappa shape index (κ3) is 4.03. The minimum absolute atomic E-state index is 0.115. The fourth-order valence-corrected chi connectivity index (χ4v) is 1.77. The van der Waals surface area contributed by atoms with Crippen LogP contribution in [0.3, 0.4) is 0 Å². The molecule has 1 aliphatic heterocycles. The van der Waals surface area contributed by atoms with Crippen LogP contribution in [0, 0.1) is 5.41 Å². The predicted molar refractivity (Wildman–Crippen MR) is 67.5 cm³/mol. The Labute approximate surface area is 99.6 Å². The number of carbonyl (C=O) groups excluding carboxylic acids is 1. The van der Waals surface area contributed by atoms with Crippen LogP contribution in [0.2, 0.25) is 0 Å². The minimum atomic E-state index is 0.115. The predicted octanol–water partition coefficient (Wildman–Crippen LogP) is 3.01. The van der Waals surface area contributed by atoms with Crippen LogP contribution >= 0.6 is 0 Å². The number of hydrogen-bond donors (Lipinski definition) is 1. The molecule has 1 saturated heterocycles. The molecule has 0 aliphatic carbocycles. The zero-order valence-corrected chi connectivity index (χ0v) is 11.2. The van der Waals surface area contributed by atoms with Gasteiger partial charge < -0.3 is 10.2 Å². The molecule has 1 heterocycles. The first-order valence-electron chi connectivity index (χ1n) is 6.46. The maximum atomic E-state index is 12.0. The van der Waals surface area contributed by atoms with Gasteiger partial charge in [-0.15, -0.1) is 0 Å². The molecule has 1 unspecified atom stereocenters. The van der Waals surface area contributed by atoms with Crippen molar-refractivity contribution in [3.63, 3.8) is 0 Å². The molecule has 1 rings (SSSR count). The second-order valence-electron chi connectivity index (χ2n) is 5.94. The lowest BCUT2D eigenvalue weighted by molar-refractivity contribution is 0.184. The second kappa shape index (κ2) is 5.55. The van der Waals surface area contributed by atoms with Crippen molar-refractivity contribution in [1.29, 1.82) is 0 Å². The van der Waals surface area contributed by atoms with Gasteiger partial charge in [0.25, 0.3) is 0 Å². The normalized spacial score (nSPS) is 20.1. The second-order valence-corrected chi connectivity index (χ2v) is 5.94. The Morgan fingerprint density at radius 2 is 1.62 bits per heavy atom. The summed E-state index contributed by atoms with van der Waals surface area (Å²) in [6, 6.07) is 0.326. The molecular formula is C13H26N2O. The molecule has 1 fully saturated rings. The summed E-state index contributed by atoms with van der Waals surface area (Å²) in [4.78, 5) is 14.0. The van der Waals surface area contributed by atoms with Gasteiger partial charge in [0.2, 0.25) is 0 Å². The summed E-state index contributed by atoms with van der Waals surface area (Å²) in [6.07, 6.45) is 4.83. The lowest BCUT2D eigenvalue weighted by Crippen LogP contribution is -2.48. The Hall–Kier alpha value is -0.730. The molecule has 0 aromatic carbocycles. The van der Waals surface area contributed by atoms with Crippen LogP contribution in [0.25, 0.3) is 0 Å². The van der Waals surface area contributed by atoms with E-state index in [-0.39, 0.29) is 17.5 Å². The SMILES string of the molecule is CC(NC(=O)N1CCCCCC1)C(C)(C)C. The Kier molecular flexibility index (Phi) is 4.63. The maximum absolute atomic E-state index is 12.0. The molecule has 0 radical (unpaired) electrons. The number of carbonyl (C=O) groups is 1. The summed E-state index contributed by atoms with van der Waals surface area (Å²) in [5, 5.41) is 3.10. The van der Waals surface area contributed by atoms with Gasteiger partial charge >= 0.3 is 6.03 Å². The van der Waals surface area contributed by atoms with Crippen LogP contribution in [0.1, 0.15) is 53.4 Å². The van der Waals surface area contributed by atoms with Gasteiger partial charge in [-0.25, -0.2) is 4.79 Å². The monoisotopic (exact) mass is 226 g/mol. The first kappa shape index (κ1) is 13.3. The summed E-state index contributed by atoms with van der Waals surface area (Å²) in [5.41, 5.74) is 0.126. The Balaban J connectivity index is 2.44. The molecule has 16 heavy (non-hydrogen) atoms. The van der Waals surface area contributed by atoms with Crippen LogP contribution in [-0.2, 0) is 0 Å². The molecule has 3 nitrogen and oxygen atoms in total. The molecular weight excluding hydrogens is 200 g/mol. The smallest absolute Gasteiger partial charge is 0.317 e. The van der Waals surface area contributed by atoms with Gasteiger partial charge in [-0.1, -0.05) is 33.6 Å². The molecule has 1 atom stereocenters. The van der Waals surface area contributed by atoms with Gasteiger partial charge in [0, 0.05) is 19.1 Å². The van der Waals surface area contributed by atoms with Crippen molar-refractivity contribution in [2.24, 2.45) is 5.41 Å². The highest BCUT2D eigenvalue weighted by molar-refractivity contribution is 5.74. The van der Waals surface area contributed by atoms with Crippen molar-refractivity contribution in [1.82, 2.24) is 10.2 Å². The van der Waals surface area contributed by atoms with Crippen LogP contribution in [-0.4, -0.2) is 30.1 Å². The number of nitrogens with one attached hydrogen (secondary N) is 1. The van der Waals surface area contributed by atoms with E-state index in [1.165, 1.54) is 12.8 Å². The fourth-order valence-electron chi connectivity index (χ4n) is 1.77. The van der Waals surface area contributed by atoms with Crippen molar-refractivity contribution < 1.29 is 4.79 Å². The average Bonchev–Trinajstić information content (AvgIpc) is 2.43. The van der Waals surface area contributed by atoms with E-state index in [1.54, 1.807) is 0 Å². The van der Waals surface area contributed by atoms with E-state index in [0.717, 1.165) is 25.9 Å². The number of nitrogens with zero attached hydrogens (tertiary/aromatic N) is 1. The third-order valence-electron chi connectivity index (χ3n) is 3.53. The van der Waals surface area contributed by atoms with Gasteiger partial charge in [-0.3, -0.25) is 0 Å². The lowest BCUT2D eigenvalue weighted by atomic mass is 9.88. The Morgan fingerprint density at radius 3 is 2.06 bits per heavy atom. The molecule has 94 valence electrons. The topological polar surface area (TPSA) is 32.3 Å². The summed E-state index contributed by atoms with van der Waals surface area (Å²) < 4.78 is 0. The van der Waals surface area contributed by atoms with Crippen molar-refractivity contribution >= 4 is 6.03 Å². The first-order valence-corrected chi connectivity index (χ1v) is 6.46. The molecule has 0 spiro atoms. The van der Waals surface area contributed by atoms with Gasteiger partial charge in [0.05, 0.1) is 0 Å². The largest absolute Gasteiger partial charge is 0.335 e. The van der Waals surface area contributed by atoms with Crippen LogP contribution in [0.15, 0.2) is 0 Å². The quantitative estimate of drug-likeness (QED) is 0.732. The molecule has 1 N–H and O–H groups in total. The van der Waals surface area contributed by atoms with E-state index in [2.05, 4.69) is 33.0 Å².